The van der Waals surface area contributed by atoms with Crippen LogP contribution in [-0.4, -0.2) is 60.6 Å². The number of halogens is 3. The van der Waals surface area contributed by atoms with E-state index in [4.69, 9.17) is 14.5 Å². The topological polar surface area (TPSA) is 88.0 Å². The Hall–Kier alpha value is -2.83. The van der Waals surface area contributed by atoms with E-state index >= 15 is 0 Å². The van der Waals surface area contributed by atoms with Gasteiger partial charge in [0.1, 0.15) is 18.2 Å². The average molecular weight is 635 g/mol. The molecule has 2 saturated heterocycles. The third kappa shape index (κ3) is 6.74. The zero-order valence-corrected chi connectivity index (χ0v) is 23.2. The summed E-state index contributed by atoms with van der Waals surface area (Å²) in [6, 6.07) is 10.0. The van der Waals surface area contributed by atoms with Crippen LogP contribution in [0.1, 0.15) is 24.0 Å². The molecule has 0 atom stereocenters. The van der Waals surface area contributed by atoms with Gasteiger partial charge in [-0.3, -0.25) is 0 Å². The van der Waals surface area contributed by atoms with Crippen molar-refractivity contribution in [1.29, 1.82) is 0 Å². The summed E-state index contributed by atoms with van der Waals surface area (Å²) >= 11 is 7.14. The summed E-state index contributed by atoms with van der Waals surface area (Å²) in [6.07, 6.45) is 3.95. The monoisotopic (exact) mass is 633 g/mol. The highest BCUT2D eigenvalue weighted by Crippen LogP contribution is 2.35. The van der Waals surface area contributed by atoms with Gasteiger partial charge in [0.2, 0.25) is 17.8 Å². The van der Waals surface area contributed by atoms with E-state index in [2.05, 4.69) is 62.2 Å². The number of nitrogens with one attached hydrogen (secondary N) is 1. The van der Waals surface area contributed by atoms with E-state index in [1.165, 1.54) is 12.1 Å². The van der Waals surface area contributed by atoms with Crippen LogP contribution in [0.3, 0.4) is 0 Å². The smallest absolute Gasteiger partial charge is 0.250 e. The third-order valence-electron chi connectivity index (χ3n) is 5.99. The molecule has 3 aromatic rings. The van der Waals surface area contributed by atoms with Crippen LogP contribution >= 0.6 is 31.9 Å². The lowest BCUT2D eigenvalue weighted by Gasteiger charge is -2.27. The van der Waals surface area contributed by atoms with Crippen molar-refractivity contribution >= 4 is 55.9 Å². The first kappa shape index (κ1) is 25.8. The molecule has 0 aliphatic carbocycles. The lowest BCUT2D eigenvalue weighted by atomic mass is 10.2. The highest BCUT2D eigenvalue weighted by molar-refractivity contribution is 9.11. The van der Waals surface area contributed by atoms with Crippen molar-refractivity contribution in [3.8, 4) is 5.75 Å². The predicted molar refractivity (Wildman–Crippen MR) is 148 cm³/mol. The number of hydrogen-bond acceptors (Lipinski definition) is 9. The van der Waals surface area contributed by atoms with E-state index < -0.39 is 0 Å². The fraction of sp³-hybridized carbons (Fsp3) is 0.360. The minimum atomic E-state index is -0.273. The van der Waals surface area contributed by atoms with Gasteiger partial charge in [-0.1, -0.05) is 12.1 Å². The molecule has 0 amide bonds. The van der Waals surface area contributed by atoms with Gasteiger partial charge in [-0.25, -0.2) is 9.82 Å². The van der Waals surface area contributed by atoms with Crippen LogP contribution in [0.4, 0.5) is 22.2 Å². The van der Waals surface area contributed by atoms with E-state index in [1.54, 1.807) is 18.3 Å². The predicted octanol–water partition coefficient (Wildman–Crippen LogP) is 5.00. The second kappa shape index (κ2) is 12.1. The number of morpholine rings is 1. The quantitative estimate of drug-likeness (QED) is 0.274. The van der Waals surface area contributed by atoms with E-state index in [9.17, 15) is 4.39 Å². The fourth-order valence-corrected chi connectivity index (χ4v) is 5.51. The van der Waals surface area contributed by atoms with Crippen molar-refractivity contribution < 1.29 is 13.9 Å². The van der Waals surface area contributed by atoms with Crippen molar-refractivity contribution in [3.63, 3.8) is 0 Å². The van der Waals surface area contributed by atoms with E-state index in [0.29, 0.717) is 43.4 Å². The highest BCUT2D eigenvalue weighted by Gasteiger charge is 2.21. The molecule has 12 heteroatoms. The fourth-order valence-electron chi connectivity index (χ4n) is 4.06. The van der Waals surface area contributed by atoms with Crippen LogP contribution in [0.2, 0.25) is 0 Å². The molecule has 1 N–H and O–H groups in total. The van der Waals surface area contributed by atoms with Crippen LogP contribution in [0.15, 0.2) is 50.4 Å². The van der Waals surface area contributed by atoms with Gasteiger partial charge in [-0.05, 0) is 80.1 Å². The van der Waals surface area contributed by atoms with Gasteiger partial charge >= 0.3 is 0 Å². The standard InChI is InChI=1S/C25H26Br2FN7O2/c26-20-13-18(14-21(27)22(20)37-16-17-3-5-19(28)6-4-17)15-29-33-23-30-24(34-7-1-2-8-34)32-25(31-23)35-9-11-36-12-10-35/h3-6,13-15H,1-2,7-12,16H2,(H,30,31,32,33)/b29-15-. The molecule has 2 fully saturated rings. The van der Waals surface area contributed by atoms with Gasteiger partial charge in [0.15, 0.2) is 0 Å². The highest BCUT2D eigenvalue weighted by atomic mass is 79.9. The van der Waals surface area contributed by atoms with Gasteiger partial charge in [0, 0.05) is 26.2 Å². The van der Waals surface area contributed by atoms with Crippen LogP contribution < -0.4 is 20.0 Å². The largest absolute Gasteiger partial charge is 0.487 e. The van der Waals surface area contributed by atoms with Crippen LogP contribution in [-0.2, 0) is 11.3 Å². The van der Waals surface area contributed by atoms with Crippen LogP contribution in [0.5, 0.6) is 5.75 Å². The van der Waals surface area contributed by atoms with Crippen molar-refractivity contribution in [2.45, 2.75) is 19.4 Å². The summed E-state index contributed by atoms with van der Waals surface area (Å²) in [5, 5.41) is 4.37. The van der Waals surface area contributed by atoms with Gasteiger partial charge in [0.05, 0.1) is 28.4 Å². The van der Waals surface area contributed by atoms with Gasteiger partial charge in [-0.15, -0.1) is 0 Å². The second-order valence-corrected chi connectivity index (χ2v) is 10.4. The zero-order valence-electron chi connectivity index (χ0n) is 20.0. The minimum Gasteiger partial charge on any atom is -0.487 e. The molecule has 0 bridgehead atoms. The van der Waals surface area contributed by atoms with Gasteiger partial charge in [0.25, 0.3) is 0 Å². The molecule has 0 radical (unpaired) electrons. The lowest BCUT2D eigenvalue weighted by Crippen LogP contribution is -2.38. The summed E-state index contributed by atoms with van der Waals surface area (Å²) in [6.45, 7) is 4.97. The Morgan fingerprint density at radius 3 is 2.22 bits per heavy atom. The molecule has 3 heterocycles. The number of anilines is 3. The first-order valence-corrected chi connectivity index (χ1v) is 13.6. The van der Waals surface area contributed by atoms with Crippen LogP contribution in [0.25, 0.3) is 0 Å². The number of hydrogen-bond donors (Lipinski definition) is 1. The number of hydrazone groups is 1. The lowest BCUT2D eigenvalue weighted by molar-refractivity contribution is 0.122. The van der Waals surface area contributed by atoms with Gasteiger partial charge < -0.3 is 19.3 Å². The molecule has 1 aromatic heterocycles. The van der Waals surface area contributed by atoms with E-state index in [0.717, 1.165) is 59.1 Å². The summed E-state index contributed by atoms with van der Waals surface area (Å²) in [5.41, 5.74) is 4.68. The molecule has 9 nitrogen and oxygen atoms in total. The van der Waals surface area contributed by atoms with E-state index in [-0.39, 0.29) is 5.82 Å². The van der Waals surface area contributed by atoms with E-state index in [1.807, 2.05) is 12.1 Å². The summed E-state index contributed by atoms with van der Waals surface area (Å²) in [4.78, 5) is 18.2. The number of aromatic nitrogens is 3. The number of rotatable bonds is 8. The zero-order chi connectivity index (χ0) is 25.6. The number of nitrogens with zero attached hydrogens (tertiary/aromatic N) is 6. The summed E-state index contributed by atoms with van der Waals surface area (Å²) < 4.78 is 26.1. The Bertz CT molecular complexity index is 1230. The molecule has 2 aliphatic heterocycles. The Morgan fingerprint density at radius 1 is 0.946 bits per heavy atom. The summed E-state index contributed by atoms with van der Waals surface area (Å²) in [7, 11) is 0. The molecule has 2 aromatic carbocycles. The molecular weight excluding hydrogens is 609 g/mol. The Morgan fingerprint density at radius 2 is 1.57 bits per heavy atom. The molecule has 0 spiro atoms. The Kier molecular flexibility index (Phi) is 8.47. The first-order valence-electron chi connectivity index (χ1n) is 12.0. The van der Waals surface area contributed by atoms with Crippen molar-refractivity contribution in [3.05, 3.63) is 62.3 Å². The third-order valence-corrected chi connectivity index (χ3v) is 7.17. The van der Waals surface area contributed by atoms with Crippen molar-refractivity contribution in [2.75, 3.05) is 54.6 Å². The normalized spacial score (nSPS) is 16.0. The maximum atomic E-state index is 13.1. The molecule has 194 valence electrons. The Labute approximate surface area is 231 Å². The van der Waals surface area contributed by atoms with Crippen molar-refractivity contribution in [1.82, 2.24) is 15.0 Å². The molecule has 37 heavy (non-hydrogen) atoms. The maximum absolute atomic E-state index is 13.1. The summed E-state index contributed by atoms with van der Waals surface area (Å²) in [5.74, 6) is 2.07. The first-order chi connectivity index (χ1) is 18.0. The molecule has 2 aliphatic rings. The SMILES string of the molecule is Fc1ccc(COc2c(Br)cc(/C=N\Nc3nc(N4CCCC4)nc(N4CCOCC4)n3)cc2Br)cc1. The molecule has 0 saturated carbocycles. The minimum absolute atomic E-state index is 0.273. The van der Waals surface area contributed by atoms with Crippen molar-refractivity contribution in [2.24, 2.45) is 5.10 Å². The maximum Gasteiger partial charge on any atom is 0.250 e. The molecular formula is C25H26Br2FN7O2. The number of ether oxygens (including phenoxy) is 2. The molecule has 0 unspecified atom stereocenters. The second-order valence-electron chi connectivity index (χ2n) is 8.65. The van der Waals surface area contributed by atoms with Gasteiger partial charge in [-0.2, -0.15) is 20.1 Å². The van der Waals surface area contributed by atoms with Crippen LogP contribution in [0, 0.1) is 5.82 Å². The Balaban J connectivity index is 1.28. The average Bonchev–Trinajstić information content (AvgIpc) is 3.45. The molecule has 5 rings (SSSR count). The number of benzene rings is 2.